The fourth-order valence-corrected chi connectivity index (χ4v) is 2.70. The SMILES string of the molecule is CCC(CC)N(C(=O)n1cnc(C(C)(C)C)c1)c1cccc(F)c1. The fraction of sp³-hybridized carbons (Fsp3) is 0.474. The van der Waals surface area contributed by atoms with Crippen molar-refractivity contribution in [3.05, 3.63) is 48.3 Å². The van der Waals surface area contributed by atoms with E-state index in [0.29, 0.717) is 5.69 Å². The molecule has 0 saturated heterocycles. The van der Waals surface area contributed by atoms with Crippen LogP contribution in [-0.2, 0) is 5.41 Å². The lowest BCUT2D eigenvalue weighted by atomic mass is 9.93. The standard InChI is InChI=1S/C19H26FN3O/c1-6-15(7-2)23(16-10-8-9-14(20)11-16)18(24)22-12-17(21-13-22)19(3,4)5/h8-13,15H,6-7H2,1-5H3. The molecule has 1 amide bonds. The number of rotatable bonds is 4. The second-order valence-electron chi connectivity index (χ2n) is 7.02. The van der Waals surface area contributed by atoms with E-state index in [4.69, 9.17) is 0 Å². The lowest BCUT2D eigenvalue weighted by Crippen LogP contribution is -2.42. The molecule has 130 valence electrons. The van der Waals surface area contributed by atoms with Gasteiger partial charge in [0.1, 0.15) is 12.1 Å². The average Bonchev–Trinajstić information content (AvgIpc) is 3.02. The van der Waals surface area contributed by atoms with Gasteiger partial charge in [-0.1, -0.05) is 40.7 Å². The third-order valence-electron chi connectivity index (χ3n) is 4.17. The predicted octanol–water partition coefficient (Wildman–Crippen LogP) is 4.98. The van der Waals surface area contributed by atoms with Crippen LogP contribution in [0.1, 0.15) is 53.2 Å². The lowest BCUT2D eigenvalue weighted by Gasteiger charge is -2.30. The summed E-state index contributed by atoms with van der Waals surface area (Å²) in [6, 6.07) is 5.96. The monoisotopic (exact) mass is 331 g/mol. The second-order valence-corrected chi connectivity index (χ2v) is 7.02. The van der Waals surface area contributed by atoms with Gasteiger partial charge in [-0.25, -0.2) is 14.2 Å². The zero-order valence-electron chi connectivity index (χ0n) is 15.1. The molecule has 24 heavy (non-hydrogen) atoms. The molecule has 0 aliphatic rings. The van der Waals surface area contributed by atoms with E-state index >= 15 is 0 Å². The molecule has 2 aromatic rings. The third kappa shape index (κ3) is 3.83. The summed E-state index contributed by atoms with van der Waals surface area (Å²) < 4.78 is 15.2. The van der Waals surface area contributed by atoms with Crippen molar-refractivity contribution in [1.29, 1.82) is 0 Å². The summed E-state index contributed by atoms with van der Waals surface area (Å²) in [6.07, 6.45) is 4.88. The number of halogens is 1. The van der Waals surface area contributed by atoms with Crippen LogP contribution < -0.4 is 4.90 Å². The van der Waals surface area contributed by atoms with Crippen LogP contribution in [0, 0.1) is 5.82 Å². The molecule has 0 unspecified atom stereocenters. The van der Waals surface area contributed by atoms with E-state index in [1.807, 2.05) is 13.8 Å². The van der Waals surface area contributed by atoms with Gasteiger partial charge in [-0.15, -0.1) is 0 Å². The lowest BCUT2D eigenvalue weighted by molar-refractivity contribution is 0.244. The van der Waals surface area contributed by atoms with Crippen molar-refractivity contribution in [3.63, 3.8) is 0 Å². The summed E-state index contributed by atoms with van der Waals surface area (Å²) in [6.45, 7) is 10.2. The highest BCUT2D eigenvalue weighted by Crippen LogP contribution is 2.24. The Morgan fingerprint density at radius 1 is 1.29 bits per heavy atom. The maximum absolute atomic E-state index is 13.7. The van der Waals surface area contributed by atoms with Crippen LogP contribution in [-0.4, -0.2) is 21.6 Å². The van der Waals surface area contributed by atoms with E-state index in [-0.39, 0.29) is 23.3 Å². The van der Waals surface area contributed by atoms with Crippen molar-refractivity contribution >= 4 is 11.7 Å². The second kappa shape index (κ2) is 7.16. The van der Waals surface area contributed by atoms with Crippen molar-refractivity contribution < 1.29 is 9.18 Å². The first-order chi connectivity index (χ1) is 11.3. The zero-order chi connectivity index (χ0) is 17.9. The highest BCUT2D eigenvalue weighted by molar-refractivity contribution is 5.94. The first kappa shape index (κ1) is 18.2. The van der Waals surface area contributed by atoms with Crippen molar-refractivity contribution in [2.24, 2.45) is 0 Å². The van der Waals surface area contributed by atoms with E-state index in [2.05, 4.69) is 25.8 Å². The van der Waals surface area contributed by atoms with E-state index in [1.54, 1.807) is 23.2 Å². The Balaban J connectivity index is 2.43. The Morgan fingerprint density at radius 3 is 2.46 bits per heavy atom. The van der Waals surface area contributed by atoms with Crippen molar-refractivity contribution in [2.75, 3.05) is 4.90 Å². The number of carbonyl (C=O) groups excluding carboxylic acids is 1. The minimum absolute atomic E-state index is 0.000197. The van der Waals surface area contributed by atoms with Gasteiger partial charge < -0.3 is 0 Å². The highest BCUT2D eigenvalue weighted by atomic mass is 19.1. The van der Waals surface area contributed by atoms with Crippen molar-refractivity contribution in [1.82, 2.24) is 9.55 Å². The number of aromatic nitrogens is 2. The molecule has 0 N–H and O–H groups in total. The molecule has 2 rings (SSSR count). The molecule has 4 nitrogen and oxygen atoms in total. The Hall–Kier alpha value is -2.17. The number of benzene rings is 1. The van der Waals surface area contributed by atoms with Gasteiger partial charge in [-0.2, -0.15) is 0 Å². The number of anilines is 1. The van der Waals surface area contributed by atoms with E-state index < -0.39 is 0 Å². The molecule has 0 bridgehead atoms. The topological polar surface area (TPSA) is 38.1 Å². The van der Waals surface area contributed by atoms with Crippen LogP contribution in [0.5, 0.6) is 0 Å². The van der Waals surface area contributed by atoms with Crippen LogP contribution in [0.4, 0.5) is 14.9 Å². The molecule has 1 heterocycles. The molecule has 1 aromatic heterocycles. The molecular formula is C19H26FN3O. The smallest absolute Gasteiger partial charge is 0.291 e. The van der Waals surface area contributed by atoms with E-state index in [9.17, 15) is 9.18 Å². The van der Waals surface area contributed by atoms with Crippen LogP contribution >= 0.6 is 0 Å². The average molecular weight is 331 g/mol. The summed E-state index contributed by atoms with van der Waals surface area (Å²) in [5, 5.41) is 0. The molecule has 5 heteroatoms. The summed E-state index contributed by atoms with van der Waals surface area (Å²) >= 11 is 0. The van der Waals surface area contributed by atoms with Gasteiger partial charge in [0, 0.05) is 23.3 Å². The van der Waals surface area contributed by atoms with Crippen molar-refractivity contribution in [3.8, 4) is 0 Å². The zero-order valence-corrected chi connectivity index (χ0v) is 15.1. The van der Waals surface area contributed by atoms with Gasteiger partial charge in [-0.3, -0.25) is 9.47 Å². The first-order valence-corrected chi connectivity index (χ1v) is 8.41. The normalized spacial score (nSPS) is 11.8. The Labute approximate surface area is 143 Å². The Bertz CT molecular complexity index is 699. The molecule has 0 saturated carbocycles. The molecule has 0 radical (unpaired) electrons. The van der Waals surface area contributed by atoms with Crippen LogP contribution in [0.15, 0.2) is 36.8 Å². The highest BCUT2D eigenvalue weighted by Gasteiger charge is 2.26. The van der Waals surface area contributed by atoms with Crippen LogP contribution in [0.2, 0.25) is 0 Å². The van der Waals surface area contributed by atoms with Gasteiger partial charge in [-0.05, 0) is 31.0 Å². The van der Waals surface area contributed by atoms with Gasteiger partial charge >= 0.3 is 6.03 Å². The van der Waals surface area contributed by atoms with Gasteiger partial charge in [0.05, 0.1) is 5.69 Å². The molecule has 0 aliphatic heterocycles. The Kier molecular flexibility index (Phi) is 5.42. The molecule has 1 aromatic carbocycles. The van der Waals surface area contributed by atoms with Crippen LogP contribution in [0.3, 0.4) is 0 Å². The third-order valence-corrected chi connectivity index (χ3v) is 4.17. The van der Waals surface area contributed by atoms with E-state index in [0.717, 1.165) is 18.5 Å². The number of hydrogen-bond donors (Lipinski definition) is 0. The molecule has 0 aliphatic carbocycles. The number of carbonyl (C=O) groups is 1. The quantitative estimate of drug-likeness (QED) is 0.792. The van der Waals surface area contributed by atoms with E-state index in [1.165, 1.54) is 23.0 Å². The first-order valence-electron chi connectivity index (χ1n) is 8.41. The molecule has 0 atom stereocenters. The fourth-order valence-electron chi connectivity index (χ4n) is 2.70. The maximum atomic E-state index is 13.7. The largest absolute Gasteiger partial charge is 0.334 e. The predicted molar refractivity (Wildman–Crippen MR) is 95.0 cm³/mol. The summed E-state index contributed by atoms with van der Waals surface area (Å²) in [7, 11) is 0. The molecule has 0 spiro atoms. The number of imidazole rings is 1. The molecular weight excluding hydrogens is 305 g/mol. The molecule has 0 fully saturated rings. The summed E-state index contributed by atoms with van der Waals surface area (Å²) in [5.74, 6) is -0.350. The van der Waals surface area contributed by atoms with Gasteiger partial charge in [0.2, 0.25) is 0 Å². The van der Waals surface area contributed by atoms with Crippen LogP contribution in [0.25, 0.3) is 0 Å². The van der Waals surface area contributed by atoms with Gasteiger partial charge in [0.15, 0.2) is 0 Å². The van der Waals surface area contributed by atoms with Gasteiger partial charge in [0.25, 0.3) is 0 Å². The number of amides is 1. The number of nitrogens with zero attached hydrogens (tertiary/aromatic N) is 3. The number of hydrogen-bond acceptors (Lipinski definition) is 2. The summed E-state index contributed by atoms with van der Waals surface area (Å²) in [5.41, 5.74) is 1.28. The minimum atomic E-state index is -0.350. The summed E-state index contributed by atoms with van der Waals surface area (Å²) in [4.78, 5) is 19.1. The Morgan fingerprint density at radius 2 is 1.96 bits per heavy atom. The maximum Gasteiger partial charge on any atom is 0.334 e. The minimum Gasteiger partial charge on any atom is -0.291 e. The van der Waals surface area contributed by atoms with Crippen molar-refractivity contribution in [2.45, 2.75) is 58.9 Å².